The molecule has 8 fully saturated rings. The van der Waals surface area contributed by atoms with Gasteiger partial charge in [-0.2, -0.15) is 15.3 Å². The van der Waals surface area contributed by atoms with E-state index in [1.165, 1.54) is 76.3 Å². The Hall–Kier alpha value is -3.76. The summed E-state index contributed by atoms with van der Waals surface area (Å²) in [5, 5.41) is 18.0. The lowest BCUT2D eigenvalue weighted by molar-refractivity contribution is -0.126. The second-order valence-corrected chi connectivity index (χ2v) is 29.7. The van der Waals surface area contributed by atoms with E-state index in [0.29, 0.717) is 53.1 Å². The van der Waals surface area contributed by atoms with E-state index in [0.717, 1.165) is 120 Å². The van der Waals surface area contributed by atoms with Crippen LogP contribution in [0.3, 0.4) is 0 Å². The Balaban J connectivity index is 0.000000198. The highest BCUT2D eigenvalue weighted by molar-refractivity contribution is 5.80. The zero-order valence-corrected chi connectivity index (χ0v) is 55.2. The normalized spacial score (nSPS) is 29.7. The van der Waals surface area contributed by atoms with Crippen molar-refractivity contribution in [2.45, 2.75) is 239 Å². The van der Waals surface area contributed by atoms with E-state index in [1.54, 1.807) is 6.20 Å². The summed E-state index contributed by atoms with van der Waals surface area (Å²) in [4.78, 5) is 34.8. The van der Waals surface area contributed by atoms with Crippen LogP contribution >= 0.6 is 0 Å². The van der Waals surface area contributed by atoms with Crippen molar-refractivity contribution >= 4 is 17.6 Å². The number of fused-ring (bicyclic) bond motifs is 6. The van der Waals surface area contributed by atoms with Crippen molar-refractivity contribution in [2.24, 2.45) is 108 Å². The maximum absolute atomic E-state index is 11.3. The SMILES string of the molecule is CC(C)C12CCC(C)(CC1)C2.CC(C)C1C2CCC1CC(=O)C2.CC(C)C1CC(=O)N(C)C1.CC(C)C1CNC(=O)C1.CC(C)c1ccn(C)n1.CC(C)c1ccn(C)n1.CC(C)c1ccn[nH]1.CC1CC2CCC(C1)C2C(C)C. The molecule has 6 saturated carbocycles. The van der Waals surface area contributed by atoms with Crippen molar-refractivity contribution in [1.82, 2.24) is 40.0 Å². The quantitative estimate of drug-likeness (QED) is 0.231. The molecule has 6 aliphatic carbocycles. The number of likely N-dealkylation sites (tertiary alicyclic amines) is 1. The third kappa shape index (κ3) is 20.8. The minimum absolute atomic E-state index is 0.216. The summed E-state index contributed by atoms with van der Waals surface area (Å²) < 4.78 is 3.66. The molecule has 0 spiro atoms. The number of carbonyl (C=O) groups excluding carboxylic acids is 3. The molecule has 6 atom stereocenters. The fraction of sp³-hybridized carbons (Fsp3) is 0.826. The van der Waals surface area contributed by atoms with E-state index >= 15 is 0 Å². The van der Waals surface area contributed by atoms with Crippen molar-refractivity contribution in [3.8, 4) is 0 Å². The van der Waals surface area contributed by atoms with Gasteiger partial charge in [0.25, 0.3) is 0 Å². The van der Waals surface area contributed by atoms with Gasteiger partial charge in [-0.05, 0) is 200 Å². The molecule has 8 aliphatic rings. The van der Waals surface area contributed by atoms with Crippen LogP contribution in [-0.4, -0.2) is 72.4 Å². The molecular formula is C69H122N8O3. The number of hydrogen-bond acceptors (Lipinski definition) is 6. The van der Waals surface area contributed by atoms with Crippen molar-refractivity contribution in [2.75, 3.05) is 20.1 Å². The number of hydrogen-bond donors (Lipinski definition) is 2. The number of Topliss-reactive ketones (excluding diaryl/α,β-unsaturated/α-hetero) is 1. The summed E-state index contributed by atoms with van der Waals surface area (Å²) in [6, 6.07) is 6.08. The van der Waals surface area contributed by atoms with Gasteiger partial charge >= 0.3 is 0 Å². The molecule has 6 unspecified atom stereocenters. The number of H-pyrrole nitrogens is 1. The second kappa shape index (κ2) is 31.8. The van der Waals surface area contributed by atoms with E-state index in [2.05, 4.69) is 150 Å². The largest absolute Gasteiger partial charge is 0.356 e. The predicted molar refractivity (Wildman–Crippen MR) is 334 cm³/mol. The van der Waals surface area contributed by atoms with Crippen LogP contribution in [0.25, 0.3) is 0 Å². The third-order valence-electron chi connectivity index (χ3n) is 20.4. The molecule has 0 aromatic carbocycles. The van der Waals surface area contributed by atoms with Crippen LogP contribution < -0.4 is 5.32 Å². The summed E-state index contributed by atoms with van der Waals surface area (Å²) in [6.45, 7) is 42.6. The number of nitrogens with zero attached hydrogens (tertiary/aromatic N) is 6. The third-order valence-corrected chi connectivity index (χ3v) is 20.4. The van der Waals surface area contributed by atoms with Gasteiger partial charge in [0, 0.05) is 84.2 Å². The van der Waals surface area contributed by atoms with Gasteiger partial charge in [0.2, 0.25) is 11.8 Å². The Kier molecular flexibility index (Phi) is 27.3. The van der Waals surface area contributed by atoms with Gasteiger partial charge in [0.15, 0.2) is 0 Å². The Morgan fingerprint density at radius 3 is 1.30 bits per heavy atom. The fourth-order valence-corrected chi connectivity index (χ4v) is 15.2. The predicted octanol–water partition coefficient (Wildman–Crippen LogP) is 16.5. The molecule has 3 aromatic rings. The summed E-state index contributed by atoms with van der Waals surface area (Å²) in [6.07, 6.45) is 25.3. The van der Waals surface area contributed by atoms with E-state index < -0.39 is 0 Å². The Morgan fingerprint density at radius 1 is 0.575 bits per heavy atom. The number of carbonyl (C=O) groups is 3. The smallest absolute Gasteiger partial charge is 0.222 e. The van der Waals surface area contributed by atoms with Gasteiger partial charge in [-0.25, -0.2) is 0 Å². The number of rotatable bonds is 8. The lowest BCUT2D eigenvalue weighted by atomic mass is 9.69. The highest BCUT2D eigenvalue weighted by Crippen LogP contribution is 2.64. The topological polar surface area (TPSA) is 131 Å². The number of aromatic amines is 1. The number of nitrogens with one attached hydrogen (secondary N) is 2. The molecule has 11 nitrogen and oxygen atoms in total. The van der Waals surface area contributed by atoms with Crippen molar-refractivity contribution < 1.29 is 14.4 Å². The first-order valence-electron chi connectivity index (χ1n) is 32.4. The van der Waals surface area contributed by atoms with Gasteiger partial charge in [0.1, 0.15) is 5.78 Å². The first-order chi connectivity index (χ1) is 37.4. The molecule has 2 N–H and O–H groups in total. The maximum atomic E-state index is 11.3. The zero-order chi connectivity index (χ0) is 59.8. The summed E-state index contributed by atoms with van der Waals surface area (Å²) in [7, 11) is 5.75. The summed E-state index contributed by atoms with van der Waals surface area (Å²) in [5.74, 6) is 14.5. The Labute approximate surface area is 490 Å². The van der Waals surface area contributed by atoms with Crippen LogP contribution in [0, 0.1) is 93.7 Å². The van der Waals surface area contributed by atoms with E-state index in [9.17, 15) is 14.4 Å². The number of amides is 2. The van der Waals surface area contributed by atoms with Crippen molar-refractivity contribution in [3.05, 3.63) is 53.9 Å². The van der Waals surface area contributed by atoms with E-state index in [4.69, 9.17) is 0 Å². The average molecular weight is 1110 g/mol. The molecule has 2 amide bonds. The monoisotopic (exact) mass is 1110 g/mol. The van der Waals surface area contributed by atoms with Crippen LogP contribution in [0.15, 0.2) is 36.8 Å². The van der Waals surface area contributed by atoms with Crippen LogP contribution in [0.4, 0.5) is 0 Å². The fourth-order valence-electron chi connectivity index (χ4n) is 15.2. The zero-order valence-electron chi connectivity index (χ0n) is 55.2. The molecule has 11 heteroatoms. The Bertz CT molecular complexity index is 2170. The molecule has 80 heavy (non-hydrogen) atoms. The first kappa shape index (κ1) is 68.7. The highest BCUT2D eigenvalue weighted by atomic mass is 16.2. The standard InChI is InChI=1S/C12H22.C11H18O.C11H20.C8H15NO.2C7H12N2.C7H13NO.C6H10N2/c1-8(2)12-10-4-5-11(12)7-9(3)6-10;1-7(2)11-8-3-4-9(11)6-10(12)5-8;1-9(2)11-6-4-10(3,8-11)5-7-11;1-6(2)7-4-8(10)9(3)5-7;2*1-6(2)7-4-5-9(3)8-7;1-5(2)6-3-7(9)8-4-6;1-5(2)6-3-4-7-8-6/h8-12H,4-7H2,1-3H3;7-9,11H,3-6H2,1-2H3;9H,4-8H2,1-3H3;6-7H,4-5H2,1-3H3;2*4-6H,1-3H3;5-6H,3-4H2,1-2H3,(H,8,9);3-5H,1-2H3,(H,7,8). The lowest BCUT2D eigenvalue weighted by Crippen LogP contribution is -2.29. The van der Waals surface area contributed by atoms with Gasteiger partial charge < -0.3 is 10.2 Å². The molecule has 11 rings (SSSR count). The maximum Gasteiger partial charge on any atom is 0.222 e. The molecule has 0 radical (unpaired) electrons. The molecule has 2 saturated heterocycles. The molecule has 2 aliphatic heterocycles. The highest BCUT2D eigenvalue weighted by Gasteiger charge is 2.52. The number of aromatic nitrogens is 6. The van der Waals surface area contributed by atoms with Gasteiger partial charge in [-0.1, -0.05) is 125 Å². The average Bonchev–Trinajstić information content (AvgIpc) is 4.25. The van der Waals surface area contributed by atoms with Crippen LogP contribution in [0.5, 0.6) is 0 Å². The van der Waals surface area contributed by atoms with Crippen molar-refractivity contribution in [3.63, 3.8) is 0 Å². The van der Waals surface area contributed by atoms with E-state index in [1.807, 2.05) is 66.0 Å². The van der Waals surface area contributed by atoms with Crippen LogP contribution in [0.2, 0.25) is 0 Å². The van der Waals surface area contributed by atoms with Gasteiger partial charge in [-0.3, -0.25) is 28.8 Å². The lowest BCUT2D eigenvalue weighted by Gasteiger charge is -2.36. The molecule has 456 valence electrons. The van der Waals surface area contributed by atoms with Crippen LogP contribution in [0.1, 0.15) is 256 Å². The van der Waals surface area contributed by atoms with E-state index in [-0.39, 0.29) is 5.91 Å². The first-order valence-corrected chi connectivity index (χ1v) is 32.4. The summed E-state index contributed by atoms with van der Waals surface area (Å²) >= 11 is 0. The van der Waals surface area contributed by atoms with Gasteiger partial charge in [-0.15, -0.1) is 0 Å². The van der Waals surface area contributed by atoms with Gasteiger partial charge in [0.05, 0.1) is 11.4 Å². The molecule has 5 heterocycles. The second-order valence-electron chi connectivity index (χ2n) is 29.7. The molecule has 3 aromatic heterocycles. The minimum atomic E-state index is 0.216. The van der Waals surface area contributed by atoms with Crippen LogP contribution in [-0.2, 0) is 28.5 Å². The molecular weight excluding hydrogens is 989 g/mol. The van der Waals surface area contributed by atoms with Crippen molar-refractivity contribution in [1.29, 1.82) is 0 Å². The number of ketones is 1. The summed E-state index contributed by atoms with van der Waals surface area (Å²) in [5.41, 5.74) is 5.05. The minimum Gasteiger partial charge on any atom is -0.356 e. The molecule has 6 bridgehead atoms. The Morgan fingerprint density at radius 2 is 1.05 bits per heavy atom. The number of aryl methyl sites for hydroxylation is 2.